The fourth-order valence-corrected chi connectivity index (χ4v) is 3.84. The van der Waals surface area contributed by atoms with Crippen molar-refractivity contribution in [2.24, 2.45) is 11.5 Å². The molecule has 2 aromatic rings. The Bertz CT molecular complexity index is 1060. The second-order valence-corrected chi connectivity index (χ2v) is 9.10. The lowest BCUT2D eigenvalue weighted by atomic mass is 10.0. The summed E-state index contributed by atoms with van der Waals surface area (Å²) in [5.74, 6) is -2.13. The predicted molar refractivity (Wildman–Crippen MR) is 146 cm³/mol. The van der Waals surface area contributed by atoms with Crippen molar-refractivity contribution in [1.82, 2.24) is 16.0 Å². The number of hydrogen-bond donors (Lipinski definition) is 6. The minimum Gasteiger partial charge on any atom is -0.508 e. The van der Waals surface area contributed by atoms with Gasteiger partial charge in [0.25, 0.3) is 0 Å². The Balaban J connectivity index is 2.12. The van der Waals surface area contributed by atoms with Crippen LogP contribution in [0.5, 0.6) is 5.75 Å². The Hall–Kier alpha value is -3.96. The maximum Gasteiger partial charge on any atom is 0.325 e. The van der Waals surface area contributed by atoms with Gasteiger partial charge in [0.2, 0.25) is 17.7 Å². The van der Waals surface area contributed by atoms with Gasteiger partial charge < -0.3 is 37.3 Å². The molecular formula is C28H39N5O6. The zero-order valence-electron chi connectivity index (χ0n) is 22.2. The Labute approximate surface area is 228 Å². The number of rotatable bonds is 16. The summed E-state index contributed by atoms with van der Waals surface area (Å²) in [7, 11) is 0. The van der Waals surface area contributed by atoms with E-state index in [1.807, 2.05) is 30.3 Å². The van der Waals surface area contributed by atoms with Crippen LogP contribution < -0.4 is 27.4 Å². The van der Waals surface area contributed by atoms with E-state index in [2.05, 4.69) is 16.0 Å². The van der Waals surface area contributed by atoms with Gasteiger partial charge in [-0.2, -0.15) is 0 Å². The summed E-state index contributed by atoms with van der Waals surface area (Å²) in [5, 5.41) is 17.4. The minimum atomic E-state index is -1.01. The van der Waals surface area contributed by atoms with E-state index in [-0.39, 0.29) is 31.7 Å². The van der Waals surface area contributed by atoms with Crippen molar-refractivity contribution >= 4 is 23.7 Å². The summed E-state index contributed by atoms with van der Waals surface area (Å²) in [6, 6.07) is 12.5. The molecule has 0 aliphatic rings. The molecule has 0 unspecified atom stereocenters. The highest BCUT2D eigenvalue weighted by atomic mass is 16.5. The van der Waals surface area contributed by atoms with Gasteiger partial charge in [0.1, 0.15) is 24.4 Å². The van der Waals surface area contributed by atoms with E-state index < -0.39 is 41.8 Å². The molecule has 8 N–H and O–H groups in total. The second-order valence-electron chi connectivity index (χ2n) is 9.10. The molecule has 0 bridgehead atoms. The van der Waals surface area contributed by atoms with Crippen LogP contribution in [-0.4, -0.2) is 66.6 Å². The summed E-state index contributed by atoms with van der Waals surface area (Å²) in [4.78, 5) is 50.9. The number of carbonyl (C=O) groups excluding carboxylic acids is 4. The molecule has 2 rings (SSSR count). The third-order valence-electron chi connectivity index (χ3n) is 5.94. The Morgan fingerprint density at radius 2 is 1.49 bits per heavy atom. The average molecular weight is 542 g/mol. The van der Waals surface area contributed by atoms with Crippen molar-refractivity contribution in [1.29, 1.82) is 0 Å². The van der Waals surface area contributed by atoms with Crippen molar-refractivity contribution in [2.45, 2.75) is 57.2 Å². The van der Waals surface area contributed by atoms with Crippen LogP contribution in [0.3, 0.4) is 0 Å². The summed E-state index contributed by atoms with van der Waals surface area (Å²) in [6.45, 7) is 1.93. The molecule has 0 spiro atoms. The first kappa shape index (κ1) is 31.3. The van der Waals surface area contributed by atoms with E-state index in [0.29, 0.717) is 25.8 Å². The molecule has 0 heterocycles. The first-order chi connectivity index (χ1) is 18.7. The quantitative estimate of drug-likeness (QED) is 0.129. The lowest BCUT2D eigenvalue weighted by molar-refractivity contribution is -0.143. The third-order valence-corrected chi connectivity index (χ3v) is 5.94. The van der Waals surface area contributed by atoms with Gasteiger partial charge in [-0.15, -0.1) is 0 Å². The van der Waals surface area contributed by atoms with Crippen LogP contribution in [0.1, 0.15) is 37.3 Å². The van der Waals surface area contributed by atoms with Crippen molar-refractivity contribution in [3.05, 3.63) is 65.7 Å². The Kier molecular flexibility index (Phi) is 13.5. The summed E-state index contributed by atoms with van der Waals surface area (Å²) < 4.78 is 4.86. The number of nitrogens with one attached hydrogen (secondary N) is 3. The van der Waals surface area contributed by atoms with Crippen LogP contribution in [0.4, 0.5) is 0 Å². The van der Waals surface area contributed by atoms with Crippen LogP contribution in [0.25, 0.3) is 0 Å². The van der Waals surface area contributed by atoms with E-state index in [9.17, 15) is 24.3 Å². The van der Waals surface area contributed by atoms with Crippen molar-refractivity contribution in [3.8, 4) is 5.75 Å². The fourth-order valence-electron chi connectivity index (χ4n) is 3.84. The van der Waals surface area contributed by atoms with Gasteiger partial charge in [-0.1, -0.05) is 42.5 Å². The van der Waals surface area contributed by atoms with Gasteiger partial charge in [0.15, 0.2) is 0 Å². The van der Waals surface area contributed by atoms with Crippen molar-refractivity contribution < 1.29 is 29.0 Å². The number of esters is 1. The lowest BCUT2D eigenvalue weighted by Crippen LogP contribution is -2.56. The number of phenols is 1. The smallest absolute Gasteiger partial charge is 0.325 e. The largest absolute Gasteiger partial charge is 0.508 e. The van der Waals surface area contributed by atoms with Crippen molar-refractivity contribution in [3.63, 3.8) is 0 Å². The van der Waals surface area contributed by atoms with Crippen LogP contribution in [0, 0.1) is 0 Å². The molecule has 3 amide bonds. The topological polar surface area (TPSA) is 186 Å². The Morgan fingerprint density at radius 1 is 0.846 bits per heavy atom. The first-order valence-electron chi connectivity index (χ1n) is 13.0. The second kappa shape index (κ2) is 16.8. The molecule has 0 radical (unpaired) electrons. The summed E-state index contributed by atoms with van der Waals surface area (Å²) in [5.41, 5.74) is 13.3. The summed E-state index contributed by atoms with van der Waals surface area (Å²) in [6.07, 6.45) is 1.89. The van der Waals surface area contributed by atoms with Crippen molar-refractivity contribution in [2.75, 3.05) is 19.7 Å². The van der Waals surface area contributed by atoms with Crippen LogP contribution in [0.2, 0.25) is 0 Å². The first-order valence-corrected chi connectivity index (χ1v) is 13.0. The average Bonchev–Trinajstić information content (AvgIpc) is 2.92. The lowest BCUT2D eigenvalue weighted by Gasteiger charge is -2.24. The molecule has 2 aromatic carbocycles. The number of unbranched alkanes of at least 4 members (excludes halogenated alkanes) is 1. The molecule has 0 saturated heterocycles. The van der Waals surface area contributed by atoms with E-state index in [1.165, 1.54) is 12.1 Å². The maximum atomic E-state index is 13.3. The zero-order valence-corrected chi connectivity index (χ0v) is 22.2. The highest BCUT2D eigenvalue weighted by Gasteiger charge is 2.28. The van der Waals surface area contributed by atoms with Gasteiger partial charge in [-0.25, -0.2) is 0 Å². The molecule has 3 atom stereocenters. The van der Waals surface area contributed by atoms with Crippen LogP contribution in [0.15, 0.2) is 54.6 Å². The molecule has 0 saturated carbocycles. The highest BCUT2D eigenvalue weighted by Crippen LogP contribution is 2.11. The number of ether oxygens (including phenoxy) is 1. The monoisotopic (exact) mass is 541 g/mol. The molecule has 0 aliphatic heterocycles. The van der Waals surface area contributed by atoms with Gasteiger partial charge in [0, 0.05) is 6.42 Å². The predicted octanol–water partition coefficient (Wildman–Crippen LogP) is 0.283. The number of benzene rings is 2. The maximum absolute atomic E-state index is 13.3. The molecule has 0 aliphatic carbocycles. The van der Waals surface area contributed by atoms with Crippen LogP contribution in [-0.2, 0) is 36.8 Å². The molecule has 39 heavy (non-hydrogen) atoms. The molecule has 0 fully saturated rings. The molecule has 212 valence electrons. The van der Waals surface area contributed by atoms with Gasteiger partial charge >= 0.3 is 5.97 Å². The number of nitrogens with two attached hydrogens (primary N) is 2. The number of phenolic OH excluding ortho intramolecular Hbond substituents is 1. The number of carbonyl (C=O) groups is 4. The number of amides is 3. The van der Waals surface area contributed by atoms with Gasteiger partial charge in [-0.05, 0) is 62.4 Å². The standard InChI is InChI=1S/C28H39N5O6/c1-2-39-25(35)18-31-27(37)24(17-19-8-4-3-5-9-19)33-28(38)23(10-6-7-15-29)32-26(36)22(30)16-20-11-13-21(34)14-12-20/h3-5,8-9,11-14,22-24,34H,2,6-7,10,15-18,29-30H2,1H3,(H,31,37)(H,32,36)(H,33,38)/t22-,23-,24-/m0/s1. The third kappa shape index (κ3) is 11.5. The van der Waals surface area contributed by atoms with Gasteiger partial charge in [0.05, 0.1) is 12.6 Å². The number of hydrogen-bond acceptors (Lipinski definition) is 8. The molecule has 11 nitrogen and oxygen atoms in total. The number of aromatic hydroxyl groups is 1. The van der Waals surface area contributed by atoms with E-state index in [4.69, 9.17) is 16.2 Å². The minimum absolute atomic E-state index is 0.102. The van der Waals surface area contributed by atoms with E-state index in [1.54, 1.807) is 19.1 Å². The normalized spacial score (nSPS) is 13.0. The van der Waals surface area contributed by atoms with E-state index >= 15 is 0 Å². The zero-order chi connectivity index (χ0) is 28.6. The highest BCUT2D eigenvalue weighted by molar-refractivity contribution is 5.94. The van der Waals surface area contributed by atoms with Crippen LogP contribution >= 0.6 is 0 Å². The molecule has 0 aromatic heterocycles. The summed E-state index contributed by atoms with van der Waals surface area (Å²) >= 11 is 0. The van der Waals surface area contributed by atoms with Gasteiger partial charge in [-0.3, -0.25) is 19.2 Å². The van der Waals surface area contributed by atoms with E-state index in [0.717, 1.165) is 11.1 Å². The SMILES string of the molecule is CCOC(=O)CNC(=O)[C@H](Cc1ccccc1)NC(=O)[C@H](CCCCN)NC(=O)[C@@H](N)Cc1ccc(O)cc1. The molecular weight excluding hydrogens is 502 g/mol. The fraction of sp³-hybridized carbons (Fsp3) is 0.429. The molecule has 11 heteroatoms. The Morgan fingerprint density at radius 3 is 2.13 bits per heavy atom.